The van der Waals surface area contributed by atoms with Gasteiger partial charge in [0.15, 0.2) is 0 Å². The minimum absolute atomic E-state index is 0.438. The summed E-state index contributed by atoms with van der Waals surface area (Å²) >= 11 is 0.993. The average Bonchev–Trinajstić information content (AvgIpc) is 2.05. The van der Waals surface area contributed by atoms with Crippen LogP contribution in [0.4, 0.5) is 0 Å². The number of nitrogens with zero attached hydrogens (tertiary/aromatic N) is 1. The summed E-state index contributed by atoms with van der Waals surface area (Å²) < 4.78 is 0. The smallest absolute Gasteiger partial charge is 0.332 e. The minimum Gasteiger partial charge on any atom is -0.478 e. The standard InChI is InChI=1S/C8H9NO2S/c9-5-12-7-4-2-1-3-6(7)8(10)11/h1-4H2,(H,10,11). The fourth-order valence-corrected chi connectivity index (χ4v) is 1.94. The number of rotatable bonds is 2. The van der Waals surface area contributed by atoms with Crippen LogP contribution >= 0.6 is 11.8 Å². The van der Waals surface area contributed by atoms with Gasteiger partial charge in [-0.05, 0) is 37.4 Å². The second-order valence-electron chi connectivity index (χ2n) is 2.61. The van der Waals surface area contributed by atoms with Crippen LogP contribution in [0, 0.1) is 10.7 Å². The summed E-state index contributed by atoms with van der Waals surface area (Å²) in [6.45, 7) is 0. The van der Waals surface area contributed by atoms with Crippen LogP contribution in [0.15, 0.2) is 10.5 Å². The third kappa shape index (κ3) is 2.02. The molecule has 0 aromatic heterocycles. The lowest BCUT2D eigenvalue weighted by molar-refractivity contribution is -0.132. The highest BCUT2D eigenvalue weighted by Crippen LogP contribution is 2.32. The van der Waals surface area contributed by atoms with Crippen LogP contribution < -0.4 is 0 Å². The molecule has 0 unspecified atom stereocenters. The molecule has 1 N–H and O–H groups in total. The normalized spacial score (nSPS) is 17.2. The van der Waals surface area contributed by atoms with Crippen molar-refractivity contribution in [1.82, 2.24) is 0 Å². The van der Waals surface area contributed by atoms with Crippen molar-refractivity contribution in [2.75, 3.05) is 0 Å². The maximum Gasteiger partial charge on any atom is 0.332 e. The van der Waals surface area contributed by atoms with Gasteiger partial charge in [-0.1, -0.05) is 0 Å². The topological polar surface area (TPSA) is 61.1 Å². The van der Waals surface area contributed by atoms with Crippen molar-refractivity contribution in [1.29, 1.82) is 5.26 Å². The molecule has 1 aliphatic rings. The molecule has 3 nitrogen and oxygen atoms in total. The Balaban J connectivity index is 2.84. The number of allylic oxidation sites excluding steroid dienone is 1. The van der Waals surface area contributed by atoms with E-state index in [4.69, 9.17) is 10.4 Å². The molecule has 0 aliphatic heterocycles. The van der Waals surface area contributed by atoms with Crippen LogP contribution in [0.25, 0.3) is 0 Å². The van der Waals surface area contributed by atoms with Crippen LogP contribution in [0.2, 0.25) is 0 Å². The number of thiocyanates is 1. The summed E-state index contributed by atoms with van der Waals surface area (Å²) in [5.41, 5.74) is 0.438. The van der Waals surface area contributed by atoms with Gasteiger partial charge in [0, 0.05) is 10.5 Å². The van der Waals surface area contributed by atoms with Gasteiger partial charge in [-0.2, -0.15) is 5.26 Å². The molecule has 4 heteroatoms. The summed E-state index contributed by atoms with van der Waals surface area (Å²) in [6, 6.07) is 0. The number of hydrogen-bond donors (Lipinski definition) is 1. The Hall–Kier alpha value is -0.950. The maximum atomic E-state index is 10.7. The SMILES string of the molecule is N#CSC1=C(C(=O)O)CCCC1. The molecule has 0 saturated heterocycles. The second-order valence-corrected chi connectivity index (χ2v) is 3.49. The van der Waals surface area contributed by atoms with Crippen molar-refractivity contribution in [3.63, 3.8) is 0 Å². The number of hydrogen-bond acceptors (Lipinski definition) is 3. The summed E-state index contributed by atoms with van der Waals surface area (Å²) in [5.74, 6) is -0.868. The molecule has 0 aromatic carbocycles. The molecule has 1 aliphatic carbocycles. The highest BCUT2D eigenvalue weighted by molar-refractivity contribution is 8.07. The van der Waals surface area contributed by atoms with Gasteiger partial charge < -0.3 is 5.11 Å². The third-order valence-corrected chi connectivity index (χ3v) is 2.63. The van der Waals surface area contributed by atoms with E-state index in [1.165, 1.54) is 0 Å². The molecule has 0 amide bonds. The van der Waals surface area contributed by atoms with Gasteiger partial charge in [-0.3, -0.25) is 0 Å². The molecule has 12 heavy (non-hydrogen) atoms. The van der Waals surface area contributed by atoms with Crippen LogP contribution in [0.3, 0.4) is 0 Å². The highest BCUT2D eigenvalue weighted by atomic mass is 32.2. The van der Waals surface area contributed by atoms with Crippen molar-refractivity contribution in [2.45, 2.75) is 25.7 Å². The fraction of sp³-hybridized carbons (Fsp3) is 0.500. The zero-order chi connectivity index (χ0) is 8.97. The van der Waals surface area contributed by atoms with Gasteiger partial charge in [-0.15, -0.1) is 0 Å². The fourth-order valence-electron chi connectivity index (χ4n) is 1.27. The first-order chi connectivity index (χ1) is 5.75. The molecule has 0 bridgehead atoms. The second kappa shape index (κ2) is 4.17. The van der Waals surface area contributed by atoms with Gasteiger partial charge in [0.2, 0.25) is 0 Å². The molecule has 64 valence electrons. The number of aliphatic carboxylic acids is 1. The van der Waals surface area contributed by atoms with Crippen molar-refractivity contribution >= 4 is 17.7 Å². The van der Waals surface area contributed by atoms with Crippen LogP contribution in [0.1, 0.15) is 25.7 Å². The van der Waals surface area contributed by atoms with Crippen molar-refractivity contribution in [2.24, 2.45) is 0 Å². The summed E-state index contributed by atoms with van der Waals surface area (Å²) in [7, 11) is 0. The van der Waals surface area contributed by atoms with E-state index < -0.39 is 5.97 Å². The molecule has 0 saturated carbocycles. The molecule has 0 radical (unpaired) electrons. The Morgan fingerprint density at radius 3 is 2.75 bits per heavy atom. The first-order valence-electron chi connectivity index (χ1n) is 3.77. The van der Waals surface area contributed by atoms with Gasteiger partial charge in [0.1, 0.15) is 5.40 Å². The van der Waals surface area contributed by atoms with E-state index in [0.29, 0.717) is 12.0 Å². The van der Waals surface area contributed by atoms with Gasteiger partial charge in [0.05, 0.1) is 0 Å². The lowest BCUT2D eigenvalue weighted by Crippen LogP contribution is -2.07. The number of carbonyl (C=O) groups is 1. The predicted octanol–water partition coefficient (Wildman–Crippen LogP) is 2.11. The van der Waals surface area contributed by atoms with E-state index in [-0.39, 0.29) is 0 Å². The summed E-state index contributed by atoms with van der Waals surface area (Å²) in [4.78, 5) is 11.4. The van der Waals surface area contributed by atoms with Gasteiger partial charge in [0.25, 0.3) is 0 Å². The Morgan fingerprint density at radius 1 is 1.50 bits per heavy atom. The molecular formula is C8H9NO2S. The molecule has 0 fully saturated rings. The van der Waals surface area contributed by atoms with Crippen LogP contribution in [0.5, 0.6) is 0 Å². The molecule has 1 rings (SSSR count). The van der Waals surface area contributed by atoms with E-state index in [1.54, 1.807) is 0 Å². The summed E-state index contributed by atoms with van der Waals surface area (Å²) in [6.07, 6.45) is 3.29. The number of carboxylic acids is 1. The van der Waals surface area contributed by atoms with Crippen LogP contribution in [-0.4, -0.2) is 11.1 Å². The highest BCUT2D eigenvalue weighted by Gasteiger charge is 2.18. The third-order valence-electron chi connectivity index (χ3n) is 1.84. The Morgan fingerprint density at radius 2 is 2.17 bits per heavy atom. The lowest BCUT2D eigenvalue weighted by Gasteiger charge is -2.13. The quantitative estimate of drug-likeness (QED) is 0.666. The lowest BCUT2D eigenvalue weighted by atomic mass is 9.99. The zero-order valence-corrected chi connectivity index (χ0v) is 7.36. The van der Waals surface area contributed by atoms with E-state index in [0.717, 1.165) is 35.9 Å². The molecule has 0 spiro atoms. The monoisotopic (exact) mass is 183 g/mol. The zero-order valence-electron chi connectivity index (χ0n) is 6.54. The largest absolute Gasteiger partial charge is 0.478 e. The van der Waals surface area contributed by atoms with E-state index >= 15 is 0 Å². The van der Waals surface area contributed by atoms with Gasteiger partial charge >= 0.3 is 5.97 Å². The number of nitriles is 1. The minimum atomic E-state index is -0.868. The molecular weight excluding hydrogens is 174 g/mol. The average molecular weight is 183 g/mol. The predicted molar refractivity (Wildman–Crippen MR) is 46.3 cm³/mol. The molecule has 0 heterocycles. The van der Waals surface area contributed by atoms with Crippen molar-refractivity contribution in [3.8, 4) is 5.40 Å². The Labute approximate surface area is 75.1 Å². The molecule has 0 aromatic rings. The molecule has 0 atom stereocenters. The van der Waals surface area contributed by atoms with E-state index in [9.17, 15) is 4.79 Å². The van der Waals surface area contributed by atoms with E-state index in [2.05, 4.69) is 0 Å². The Kier molecular flexibility index (Phi) is 3.18. The number of thioether (sulfide) groups is 1. The maximum absolute atomic E-state index is 10.7. The Bertz CT molecular complexity index is 265. The number of carboxylic acid groups (broad SMARTS) is 1. The first-order valence-corrected chi connectivity index (χ1v) is 4.58. The van der Waals surface area contributed by atoms with E-state index in [1.807, 2.05) is 5.40 Å². The van der Waals surface area contributed by atoms with Crippen molar-refractivity contribution in [3.05, 3.63) is 10.5 Å². The van der Waals surface area contributed by atoms with Gasteiger partial charge in [-0.25, -0.2) is 4.79 Å². The first kappa shape index (κ1) is 9.14. The van der Waals surface area contributed by atoms with Crippen LogP contribution in [-0.2, 0) is 4.79 Å². The van der Waals surface area contributed by atoms with Crippen molar-refractivity contribution < 1.29 is 9.90 Å². The summed E-state index contributed by atoms with van der Waals surface area (Å²) in [5, 5.41) is 19.1.